The summed E-state index contributed by atoms with van der Waals surface area (Å²) in [4.78, 5) is 23.4. The molecule has 0 unspecified atom stereocenters. The van der Waals surface area contributed by atoms with E-state index >= 15 is 0 Å². The van der Waals surface area contributed by atoms with E-state index in [-0.39, 0.29) is 23.8 Å². The normalized spacial score (nSPS) is 10.5. The molecule has 0 aliphatic heterocycles. The number of rotatable bonds is 7. The monoisotopic (exact) mass is 267 g/mol. The van der Waals surface area contributed by atoms with Crippen molar-refractivity contribution >= 4 is 5.91 Å². The first-order valence-electron chi connectivity index (χ1n) is 6.33. The molecule has 0 aromatic carbocycles. The first-order valence-corrected chi connectivity index (χ1v) is 6.33. The number of hydrogen-bond acceptors (Lipinski definition) is 4. The summed E-state index contributed by atoms with van der Waals surface area (Å²) in [5.41, 5.74) is 5.13. The molecule has 106 valence electrons. The predicted octanol–water partition coefficient (Wildman–Crippen LogP) is -0.0420. The molecule has 0 aliphatic rings. The number of nitrogens with zero attached hydrogens (tertiary/aromatic N) is 1. The van der Waals surface area contributed by atoms with Gasteiger partial charge in [0.1, 0.15) is 0 Å². The maximum absolute atomic E-state index is 11.9. The first-order chi connectivity index (χ1) is 9.04. The topological polar surface area (TPSA) is 86.3 Å². The molecule has 0 fully saturated rings. The van der Waals surface area contributed by atoms with Crippen LogP contribution in [-0.2, 0) is 11.3 Å². The Labute approximate surface area is 112 Å². The van der Waals surface area contributed by atoms with Crippen molar-refractivity contribution in [3.63, 3.8) is 0 Å². The fourth-order valence-electron chi connectivity index (χ4n) is 1.45. The van der Waals surface area contributed by atoms with Gasteiger partial charge in [-0.25, -0.2) is 0 Å². The van der Waals surface area contributed by atoms with E-state index in [2.05, 4.69) is 5.32 Å². The highest BCUT2D eigenvalue weighted by atomic mass is 16.5. The molecule has 1 amide bonds. The lowest BCUT2D eigenvalue weighted by molar-refractivity contribution is -0.123. The summed E-state index contributed by atoms with van der Waals surface area (Å²) in [7, 11) is 0. The van der Waals surface area contributed by atoms with Crippen LogP contribution in [0.5, 0.6) is 5.75 Å². The van der Waals surface area contributed by atoms with Gasteiger partial charge in [-0.3, -0.25) is 9.59 Å². The van der Waals surface area contributed by atoms with Crippen molar-refractivity contribution in [2.75, 3.05) is 19.7 Å². The van der Waals surface area contributed by atoms with Gasteiger partial charge in [0.2, 0.25) is 0 Å². The number of aromatic nitrogens is 1. The van der Waals surface area contributed by atoms with E-state index in [1.54, 1.807) is 18.3 Å². The van der Waals surface area contributed by atoms with Crippen LogP contribution in [0, 0.1) is 5.92 Å². The van der Waals surface area contributed by atoms with Crippen LogP contribution in [0.15, 0.2) is 23.1 Å². The third-order valence-corrected chi connectivity index (χ3v) is 2.42. The number of ether oxygens (including phenoxy) is 1. The highest BCUT2D eigenvalue weighted by Gasteiger charge is 2.07. The highest BCUT2D eigenvalue weighted by molar-refractivity contribution is 5.77. The van der Waals surface area contributed by atoms with Gasteiger partial charge in [0.25, 0.3) is 11.5 Å². The van der Waals surface area contributed by atoms with Crippen molar-refractivity contribution in [2.45, 2.75) is 20.4 Å². The Morgan fingerprint density at radius 1 is 1.53 bits per heavy atom. The molecule has 0 bridgehead atoms. The van der Waals surface area contributed by atoms with E-state index in [9.17, 15) is 9.59 Å². The molecule has 0 aliphatic carbocycles. The molecule has 1 aromatic rings. The number of carbonyl (C=O) groups excluding carboxylic acids is 1. The van der Waals surface area contributed by atoms with E-state index in [1.807, 2.05) is 13.8 Å². The van der Waals surface area contributed by atoms with Gasteiger partial charge in [-0.05, 0) is 18.1 Å². The highest BCUT2D eigenvalue weighted by Crippen LogP contribution is 2.01. The van der Waals surface area contributed by atoms with Gasteiger partial charge in [0.15, 0.2) is 12.4 Å². The third kappa shape index (κ3) is 5.13. The van der Waals surface area contributed by atoms with E-state index in [0.29, 0.717) is 25.6 Å². The van der Waals surface area contributed by atoms with Crippen LogP contribution in [0.3, 0.4) is 0 Å². The van der Waals surface area contributed by atoms with Gasteiger partial charge in [-0.1, -0.05) is 13.8 Å². The van der Waals surface area contributed by atoms with Crippen molar-refractivity contribution in [1.29, 1.82) is 0 Å². The van der Waals surface area contributed by atoms with Gasteiger partial charge in [-0.2, -0.15) is 0 Å². The molecule has 0 saturated heterocycles. The summed E-state index contributed by atoms with van der Waals surface area (Å²) in [5, 5.41) is 2.72. The Kier molecular flexibility index (Phi) is 6.08. The third-order valence-electron chi connectivity index (χ3n) is 2.42. The van der Waals surface area contributed by atoms with Crippen molar-refractivity contribution < 1.29 is 9.53 Å². The number of nitrogens with one attached hydrogen (secondary N) is 1. The van der Waals surface area contributed by atoms with Crippen LogP contribution in [0.1, 0.15) is 13.8 Å². The number of hydrogen-bond donors (Lipinski definition) is 2. The van der Waals surface area contributed by atoms with Gasteiger partial charge >= 0.3 is 0 Å². The average molecular weight is 267 g/mol. The summed E-state index contributed by atoms with van der Waals surface area (Å²) in [5.74, 6) is 0.306. The van der Waals surface area contributed by atoms with Crippen LogP contribution in [0.25, 0.3) is 0 Å². The van der Waals surface area contributed by atoms with Crippen molar-refractivity contribution in [3.8, 4) is 5.75 Å². The molecule has 1 rings (SSSR count). The molecule has 19 heavy (non-hydrogen) atoms. The minimum Gasteiger partial charge on any atom is -0.478 e. The second-order valence-corrected chi connectivity index (χ2v) is 4.65. The second-order valence-electron chi connectivity index (χ2n) is 4.65. The van der Waals surface area contributed by atoms with E-state index < -0.39 is 0 Å². The lowest BCUT2D eigenvalue weighted by Crippen LogP contribution is -2.33. The first kappa shape index (κ1) is 15.2. The van der Waals surface area contributed by atoms with Crippen LogP contribution in [-0.4, -0.2) is 30.2 Å². The standard InChI is InChI=1S/C13H21N3O3/c1-10(2)8-15-12(17)9-19-11-4-3-6-16(7-5-14)13(11)18/h3-4,6,10H,5,7-9,14H2,1-2H3,(H,15,17). The number of nitrogens with two attached hydrogens (primary N) is 1. The summed E-state index contributed by atoms with van der Waals surface area (Å²) in [6.45, 7) is 5.24. The summed E-state index contributed by atoms with van der Waals surface area (Å²) in [6.07, 6.45) is 1.64. The fraction of sp³-hybridized carbons (Fsp3) is 0.538. The van der Waals surface area contributed by atoms with Gasteiger partial charge < -0.3 is 20.4 Å². The van der Waals surface area contributed by atoms with Crippen LogP contribution >= 0.6 is 0 Å². The van der Waals surface area contributed by atoms with Crippen LogP contribution in [0.4, 0.5) is 0 Å². The largest absolute Gasteiger partial charge is 0.478 e. The molecule has 0 saturated carbocycles. The molecular weight excluding hydrogens is 246 g/mol. The zero-order chi connectivity index (χ0) is 14.3. The minimum atomic E-state index is -0.274. The molecule has 1 heterocycles. The number of pyridine rings is 1. The average Bonchev–Trinajstić information content (AvgIpc) is 2.37. The lowest BCUT2D eigenvalue weighted by atomic mass is 10.2. The quantitative estimate of drug-likeness (QED) is 0.725. The van der Waals surface area contributed by atoms with Crippen molar-refractivity contribution in [1.82, 2.24) is 9.88 Å². The minimum absolute atomic E-state index is 0.158. The Hall–Kier alpha value is -1.82. The molecule has 0 radical (unpaired) electrons. The van der Waals surface area contributed by atoms with E-state index in [4.69, 9.17) is 10.5 Å². The smallest absolute Gasteiger partial charge is 0.292 e. The Bertz CT molecular complexity index is 468. The van der Waals surface area contributed by atoms with Crippen molar-refractivity contribution in [3.05, 3.63) is 28.7 Å². The Morgan fingerprint density at radius 3 is 2.89 bits per heavy atom. The zero-order valence-corrected chi connectivity index (χ0v) is 11.4. The predicted molar refractivity (Wildman–Crippen MR) is 73.1 cm³/mol. The number of amides is 1. The van der Waals surface area contributed by atoms with Gasteiger partial charge in [0.05, 0.1) is 0 Å². The maximum atomic E-state index is 11.9. The summed E-state index contributed by atoms with van der Waals surface area (Å²) in [6, 6.07) is 3.24. The van der Waals surface area contributed by atoms with E-state index in [0.717, 1.165) is 0 Å². The molecule has 3 N–H and O–H groups in total. The number of carbonyl (C=O) groups is 1. The van der Waals surface area contributed by atoms with Crippen LogP contribution in [0.2, 0.25) is 0 Å². The molecule has 1 aromatic heterocycles. The zero-order valence-electron chi connectivity index (χ0n) is 11.4. The fourth-order valence-corrected chi connectivity index (χ4v) is 1.45. The van der Waals surface area contributed by atoms with Gasteiger partial charge in [-0.15, -0.1) is 0 Å². The Balaban J connectivity index is 2.56. The second kappa shape index (κ2) is 7.58. The summed E-state index contributed by atoms with van der Waals surface area (Å²) < 4.78 is 6.69. The van der Waals surface area contributed by atoms with E-state index in [1.165, 1.54) is 4.57 Å². The summed E-state index contributed by atoms with van der Waals surface area (Å²) >= 11 is 0. The molecule has 0 atom stereocenters. The molecular formula is C13H21N3O3. The van der Waals surface area contributed by atoms with Gasteiger partial charge in [0, 0.05) is 25.8 Å². The molecule has 0 spiro atoms. The lowest BCUT2D eigenvalue weighted by Gasteiger charge is -2.10. The molecule has 6 nitrogen and oxygen atoms in total. The van der Waals surface area contributed by atoms with Crippen molar-refractivity contribution in [2.24, 2.45) is 11.7 Å². The van der Waals surface area contributed by atoms with Crippen LogP contribution < -0.4 is 21.3 Å². The maximum Gasteiger partial charge on any atom is 0.292 e. The SMILES string of the molecule is CC(C)CNC(=O)COc1cccn(CCN)c1=O. The molecule has 6 heteroatoms. The Morgan fingerprint density at radius 2 is 2.26 bits per heavy atom.